The Morgan fingerprint density at radius 2 is 1.64 bits per heavy atom. The van der Waals surface area contributed by atoms with E-state index in [0.717, 1.165) is 38.1 Å². The number of carbonyl (C=O) groups is 1. The van der Waals surface area contributed by atoms with Gasteiger partial charge in [-0.2, -0.15) is 0 Å². The van der Waals surface area contributed by atoms with Gasteiger partial charge in [-0.1, -0.05) is 6.58 Å². The van der Waals surface area contributed by atoms with Crippen LogP contribution in [0.2, 0.25) is 0 Å². The number of phosphoric acid groups is 1. The van der Waals surface area contributed by atoms with Gasteiger partial charge < -0.3 is 14.1 Å². The molecule has 0 radical (unpaired) electrons. The number of hydrogen-bond donors (Lipinski definition) is 1. The second-order valence-corrected chi connectivity index (χ2v) is 7.49. The lowest BCUT2D eigenvalue weighted by atomic mass is 10.2. The molecule has 0 atom stereocenters. The molecule has 0 saturated carbocycles. The van der Waals surface area contributed by atoms with Crippen molar-refractivity contribution in [2.24, 2.45) is 0 Å². The van der Waals surface area contributed by atoms with Gasteiger partial charge in [-0.05, 0) is 26.2 Å². The molecule has 132 valence electrons. The molecule has 0 aliphatic rings. The predicted octanol–water partition coefficient (Wildman–Crippen LogP) is 2.36. The summed E-state index contributed by atoms with van der Waals surface area (Å²) < 4.78 is 24.0. The molecule has 1 N–H and O–H groups in total. The Bertz CT molecular complexity index is 370. The standard InChI is InChI=1S/C12H24NO2.C2H7O4P/c1-11(2)12(14)15-10-8-6-7-9-13(3,4)5;1-5-7(3,4)6-2/h1,6-10H2,2-5H3;1-2H3,(H,3,4)/q+1;. The Balaban J connectivity index is 0. The molecular formula is C14H31NO6P+. The van der Waals surface area contributed by atoms with Gasteiger partial charge in [-0.15, -0.1) is 0 Å². The Kier molecular flexibility index (Phi) is 12.6. The summed E-state index contributed by atoms with van der Waals surface area (Å²) in [6.07, 6.45) is 3.23. The summed E-state index contributed by atoms with van der Waals surface area (Å²) in [6, 6.07) is 0. The first kappa shape index (κ1) is 23.5. The van der Waals surface area contributed by atoms with E-state index >= 15 is 0 Å². The number of ether oxygens (including phenoxy) is 1. The number of phosphoric ester groups is 1. The van der Waals surface area contributed by atoms with E-state index in [1.54, 1.807) is 6.92 Å². The molecule has 0 saturated heterocycles. The molecule has 0 unspecified atom stereocenters. The third-order valence-electron chi connectivity index (χ3n) is 2.52. The fraction of sp³-hybridized carbons (Fsp3) is 0.786. The molecule has 0 rings (SSSR count). The lowest BCUT2D eigenvalue weighted by Gasteiger charge is -2.23. The maximum absolute atomic E-state index is 11.0. The summed E-state index contributed by atoms with van der Waals surface area (Å²) >= 11 is 0. The quantitative estimate of drug-likeness (QED) is 0.228. The van der Waals surface area contributed by atoms with E-state index in [2.05, 4.69) is 36.8 Å². The second-order valence-electron chi connectivity index (χ2n) is 5.82. The van der Waals surface area contributed by atoms with Gasteiger partial charge >= 0.3 is 13.8 Å². The molecule has 0 amide bonds. The number of nitrogens with zero attached hydrogens (tertiary/aromatic N) is 1. The predicted molar refractivity (Wildman–Crippen MR) is 86.4 cm³/mol. The van der Waals surface area contributed by atoms with Crippen molar-refractivity contribution in [1.82, 2.24) is 0 Å². The van der Waals surface area contributed by atoms with Crippen LogP contribution in [0.5, 0.6) is 0 Å². The van der Waals surface area contributed by atoms with Crippen LogP contribution in [0, 0.1) is 0 Å². The van der Waals surface area contributed by atoms with Gasteiger partial charge in [-0.3, -0.25) is 9.05 Å². The molecule has 0 aromatic carbocycles. The smallest absolute Gasteiger partial charge is 0.462 e. The molecule has 0 bridgehead atoms. The van der Waals surface area contributed by atoms with E-state index in [9.17, 15) is 9.36 Å². The summed E-state index contributed by atoms with van der Waals surface area (Å²) in [4.78, 5) is 19.3. The van der Waals surface area contributed by atoms with E-state index in [1.165, 1.54) is 6.42 Å². The van der Waals surface area contributed by atoms with E-state index in [1.807, 2.05) is 0 Å². The van der Waals surface area contributed by atoms with Crippen molar-refractivity contribution in [1.29, 1.82) is 0 Å². The van der Waals surface area contributed by atoms with Crippen molar-refractivity contribution in [3.05, 3.63) is 12.2 Å². The highest BCUT2D eigenvalue weighted by Crippen LogP contribution is 2.40. The zero-order valence-electron chi connectivity index (χ0n) is 14.6. The highest BCUT2D eigenvalue weighted by Gasteiger charge is 2.13. The van der Waals surface area contributed by atoms with E-state index < -0.39 is 7.82 Å². The van der Waals surface area contributed by atoms with Crippen molar-refractivity contribution >= 4 is 13.8 Å². The lowest BCUT2D eigenvalue weighted by Crippen LogP contribution is -2.35. The number of rotatable bonds is 9. The zero-order chi connectivity index (χ0) is 17.8. The van der Waals surface area contributed by atoms with Crippen LogP contribution in [-0.4, -0.2) is 63.9 Å². The molecule has 0 aliphatic heterocycles. The fourth-order valence-corrected chi connectivity index (χ4v) is 1.38. The van der Waals surface area contributed by atoms with Crippen LogP contribution in [-0.2, 0) is 23.1 Å². The number of hydrogen-bond acceptors (Lipinski definition) is 5. The Morgan fingerprint density at radius 3 is 1.95 bits per heavy atom. The lowest BCUT2D eigenvalue weighted by molar-refractivity contribution is -0.870. The molecule has 0 aromatic rings. The van der Waals surface area contributed by atoms with Gasteiger partial charge in [0.25, 0.3) is 0 Å². The zero-order valence-corrected chi connectivity index (χ0v) is 15.5. The summed E-state index contributed by atoms with van der Waals surface area (Å²) in [5.74, 6) is -0.276. The molecular weight excluding hydrogens is 309 g/mol. The van der Waals surface area contributed by atoms with Crippen LogP contribution in [0.4, 0.5) is 0 Å². The minimum Gasteiger partial charge on any atom is -0.462 e. The van der Waals surface area contributed by atoms with Crippen molar-refractivity contribution in [2.45, 2.75) is 26.2 Å². The molecule has 0 aliphatic carbocycles. The molecule has 0 fully saturated rings. The van der Waals surface area contributed by atoms with Crippen LogP contribution >= 0.6 is 7.82 Å². The molecule has 22 heavy (non-hydrogen) atoms. The van der Waals surface area contributed by atoms with Gasteiger partial charge in [0.05, 0.1) is 34.3 Å². The first-order chi connectivity index (χ1) is 9.95. The number of esters is 1. The summed E-state index contributed by atoms with van der Waals surface area (Å²) in [7, 11) is 5.09. The number of carbonyl (C=O) groups excluding carboxylic acids is 1. The third-order valence-corrected chi connectivity index (χ3v) is 3.44. The normalized spacial score (nSPS) is 11.4. The van der Waals surface area contributed by atoms with Crippen molar-refractivity contribution in [3.63, 3.8) is 0 Å². The van der Waals surface area contributed by atoms with Gasteiger partial charge in [0.15, 0.2) is 0 Å². The van der Waals surface area contributed by atoms with Crippen molar-refractivity contribution in [3.8, 4) is 0 Å². The fourth-order valence-electron chi connectivity index (χ4n) is 1.23. The second kappa shape index (κ2) is 11.8. The van der Waals surface area contributed by atoms with Gasteiger partial charge in [0.2, 0.25) is 0 Å². The average molecular weight is 340 g/mol. The van der Waals surface area contributed by atoms with Crippen molar-refractivity contribution < 1.29 is 32.5 Å². The first-order valence-electron chi connectivity index (χ1n) is 7.02. The highest BCUT2D eigenvalue weighted by atomic mass is 31.2. The Morgan fingerprint density at radius 1 is 1.14 bits per heavy atom. The topological polar surface area (TPSA) is 82.1 Å². The SMILES string of the molecule is C=C(C)C(=O)OCCCCC[N+](C)(C)C.COP(=O)(O)OC. The molecule has 8 heteroatoms. The minimum atomic E-state index is -3.65. The van der Waals surface area contributed by atoms with Crippen LogP contribution in [0.15, 0.2) is 12.2 Å². The number of quaternary nitrogens is 1. The average Bonchev–Trinajstić information content (AvgIpc) is 2.41. The summed E-state index contributed by atoms with van der Waals surface area (Å²) in [6.45, 7) is 6.87. The van der Waals surface area contributed by atoms with Crippen LogP contribution in [0.1, 0.15) is 26.2 Å². The molecule has 0 spiro atoms. The van der Waals surface area contributed by atoms with Gasteiger partial charge in [0.1, 0.15) is 0 Å². The summed E-state index contributed by atoms with van der Waals surface area (Å²) in [5.41, 5.74) is 0.473. The maximum Gasteiger partial charge on any atom is 0.471 e. The van der Waals surface area contributed by atoms with Crippen LogP contribution < -0.4 is 0 Å². The molecule has 0 heterocycles. The maximum atomic E-state index is 11.0. The molecule has 7 nitrogen and oxygen atoms in total. The third kappa shape index (κ3) is 17.3. The van der Waals surface area contributed by atoms with Gasteiger partial charge in [0, 0.05) is 19.8 Å². The number of unbranched alkanes of at least 4 members (excludes halogenated alkanes) is 2. The van der Waals surface area contributed by atoms with E-state index in [-0.39, 0.29) is 5.97 Å². The molecule has 0 aromatic heterocycles. The minimum absolute atomic E-state index is 0.276. The van der Waals surface area contributed by atoms with E-state index in [0.29, 0.717) is 12.2 Å². The Labute approximate surface area is 134 Å². The van der Waals surface area contributed by atoms with Crippen molar-refractivity contribution in [2.75, 3.05) is 48.5 Å². The van der Waals surface area contributed by atoms with Crippen LogP contribution in [0.25, 0.3) is 0 Å². The Hall–Kier alpha value is -0.720. The summed E-state index contributed by atoms with van der Waals surface area (Å²) in [5, 5.41) is 0. The van der Waals surface area contributed by atoms with Gasteiger partial charge in [-0.25, -0.2) is 9.36 Å². The highest BCUT2D eigenvalue weighted by molar-refractivity contribution is 7.47. The first-order valence-corrected chi connectivity index (χ1v) is 8.52. The van der Waals surface area contributed by atoms with E-state index in [4.69, 9.17) is 9.63 Å². The largest absolute Gasteiger partial charge is 0.471 e. The monoisotopic (exact) mass is 340 g/mol. The van der Waals surface area contributed by atoms with Crippen LogP contribution in [0.3, 0.4) is 0 Å².